The molecule has 0 aromatic carbocycles. The first kappa shape index (κ1) is 14.8. The third kappa shape index (κ3) is 3.18. The van der Waals surface area contributed by atoms with Crippen LogP contribution in [0.2, 0.25) is 0 Å². The predicted molar refractivity (Wildman–Crippen MR) is 84.0 cm³/mol. The minimum absolute atomic E-state index is 0.111. The van der Waals surface area contributed by atoms with Crippen LogP contribution in [0, 0.1) is 11.8 Å². The molecule has 2 aliphatic rings. The van der Waals surface area contributed by atoms with Gasteiger partial charge in [0.25, 0.3) is 0 Å². The molecule has 1 fully saturated rings. The number of rotatable bonds is 3. The maximum absolute atomic E-state index is 12.7. The summed E-state index contributed by atoms with van der Waals surface area (Å²) in [7, 11) is 0. The Balaban J connectivity index is 1.70. The second-order valence-corrected chi connectivity index (χ2v) is 5.89. The van der Waals surface area contributed by atoms with Crippen LogP contribution in [-0.4, -0.2) is 34.8 Å². The fourth-order valence-corrected chi connectivity index (χ4v) is 3.20. The van der Waals surface area contributed by atoms with Crippen LogP contribution in [0.1, 0.15) is 25.7 Å². The highest BCUT2D eigenvalue weighted by atomic mass is 16.2. The van der Waals surface area contributed by atoms with Crippen molar-refractivity contribution in [1.82, 2.24) is 9.88 Å². The van der Waals surface area contributed by atoms with E-state index in [1.54, 1.807) is 18.3 Å². The number of carbonyl (C=O) groups is 2. The van der Waals surface area contributed by atoms with Crippen LogP contribution in [-0.2, 0) is 9.59 Å². The molecule has 5 nitrogen and oxygen atoms in total. The zero-order valence-electron chi connectivity index (χ0n) is 12.6. The summed E-state index contributed by atoms with van der Waals surface area (Å²) in [5.41, 5.74) is 0. The summed E-state index contributed by atoms with van der Waals surface area (Å²) >= 11 is 0. The molecule has 2 unspecified atom stereocenters. The summed E-state index contributed by atoms with van der Waals surface area (Å²) in [6.45, 7) is 1.65. The number of hydrogen-bond acceptors (Lipinski definition) is 3. The Labute approximate surface area is 130 Å². The lowest BCUT2D eigenvalue weighted by Crippen LogP contribution is -2.42. The SMILES string of the molecule is O=C(Nc1ccccn1)C1CC=CCC1C(=O)N1CCCC1. The minimum Gasteiger partial charge on any atom is -0.342 e. The lowest BCUT2D eigenvalue weighted by Gasteiger charge is -2.30. The van der Waals surface area contributed by atoms with Crippen molar-refractivity contribution in [2.24, 2.45) is 11.8 Å². The molecule has 2 atom stereocenters. The van der Waals surface area contributed by atoms with Crippen molar-refractivity contribution in [2.75, 3.05) is 18.4 Å². The quantitative estimate of drug-likeness (QED) is 0.871. The van der Waals surface area contributed by atoms with Gasteiger partial charge in [0.15, 0.2) is 0 Å². The summed E-state index contributed by atoms with van der Waals surface area (Å²) in [4.78, 5) is 31.2. The lowest BCUT2D eigenvalue weighted by molar-refractivity contribution is -0.139. The van der Waals surface area contributed by atoms with E-state index in [9.17, 15) is 9.59 Å². The first-order valence-corrected chi connectivity index (χ1v) is 7.91. The van der Waals surface area contributed by atoms with Crippen molar-refractivity contribution in [3.63, 3.8) is 0 Å². The van der Waals surface area contributed by atoms with Crippen LogP contribution in [0.25, 0.3) is 0 Å². The Bertz CT molecular complexity index is 565. The zero-order chi connectivity index (χ0) is 15.4. The number of aromatic nitrogens is 1. The van der Waals surface area contributed by atoms with Gasteiger partial charge in [-0.05, 0) is 37.8 Å². The first-order valence-electron chi connectivity index (χ1n) is 7.91. The Kier molecular flexibility index (Phi) is 4.51. The lowest BCUT2D eigenvalue weighted by atomic mass is 9.81. The molecule has 2 heterocycles. The highest BCUT2D eigenvalue weighted by Gasteiger charge is 2.37. The topological polar surface area (TPSA) is 62.3 Å². The summed E-state index contributed by atoms with van der Waals surface area (Å²) in [5.74, 6) is 0.00459. The van der Waals surface area contributed by atoms with Crippen molar-refractivity contribution >= 4 is 17.6 Å². The minimum atomic E-state index is -0.305. The number of nitrogens with zero attached hydrogens (tertiary/aromatic N) is 2. The molecule has 1 aromatic heterocycles. The number of amides is 2. The first-order chi connectivity index (χ1) is 10.8. The molecule has 1 aliphatic carbocycles. The van der Waals surface area contributed by atoms with Gasteiger partial charge in [-0.1, -0.05) is 18.2 Å². The van der Waals surface area contributed by atoms with Crippen molar-refractivity contribution in [3.8, 4) is 0 Å². The van der Waals surface area contributed by atoms with E-state index in [2.05, 4.69) is 10.3 Å². The van der Waals surface area contributed by atoms with Crippen molar-refractivity contribution in [2.45, 2.75) is 25.7 Å². The molecule has 1 saturated heterocycles. The molecule has 2 amide bonds. The van der Waals surface area contributed by atoms with Crippen molar-refractivity contribution in [1.29, 1.82) is 0 Å². The largest absolute Gasteiger partial charge is 0.342 e. The monoisotopic (exact) mass is 299 g/mol. The van der Waals surface area contributed by atoms with Crippen LogP contribution in [0.15, 0.2) is 36.5 Å². The van der Waals surface area contributed by atoms with Gasteiger partial charge in [0, 0.05) is 19.3 Å². The number of pyridine rings is 1. The Morgan fingerprint density at radius 3 is 2.50 bits per heavy atom. The number of anilines is 1. The van der Waals surface area contributed by atoms with E-state index in [1.807, 2.05) is 23.1 Å². The Hall–Kier alpha value is -2.17. The molecule has 1 aliphatic heterocycles. The Morgan fingerprint density at radius 2 is 1.82 bits per heavy atom. The van der Waals surface area contributed by atoms with E-state index in [0.29, 0.717) is 18.7 Å². The third-order valence-corrected chi connectivity index (χ3v) is 4.42. The van der Waals surface area contributed by atoms with Crippen LogP contribution in [0.5, 0.6) is 0 Å². The van der Waals surface area contributed by atoms with Crippen LogP contribution in [0.4, 0.5) is 5.82 Å². The summed E-state index contributed by atoms with van der Waals surface area (Å²) in [6, 6.07) is 5.39. The number of hydrogen-bond donors (Lipinski definition) is 1. The average Bonchev–Trinajstić information content (AvgIpc) is 3.09. The van der Waals surface area contributed by atoms with Gasteiger partial charge < -0.3 is 10.2 Å². The highest BCUT2D eigenvalue weighted by Crippen LogP contribution is 2.29. The molecule has 1 N–H and O–H groups in total. The van der Waals surface area contributed by atoms with Gasteiger partial charge in [0.1, 0.15) is 5.82 Å². The van der Waals surface area contributed by atoms with Gasteiger partial charge in [-0.2, -0.15) is 0 Å². The molecule has 22 heavy (non-hydrogen) atoms. The number of likely N-dealkylation sites (tertiary alicyclic amines) is 1. The van der Waals surface area contributed by atoms with E-state index in [1.165, 1.54) is 0 Å². The van der Waals surface area contributed by atoms with E-state index in [4.69, 9.17) is 0 Å². The molecular formula is C17H21N3O2. The third-order valence-electron chi connectivity index (χ3n) is 4.42. The molecule has 5 heteroatoms. The van der Waals surface area contributed by atoms with Crippen molar-refractivity contribution in [3.05, 3.63) is 36.5 Å². The van der Waals surface area contributed by atoms with Crippen molar-refractivity contribution < 1.29 is 9.59 Å². The summed E-state index contributed by atoms with van der Waals surface area (Å²) in [5, 5.41) is 2.83. The maximum Gasteiger partial charge on any atom is 0.229 e. The Morgan fingerprint density at radius 1 is 1.09 bits per heavy atom. The molecular weight excluding hydrogens is 278 g/mol. The fraction of sp³-hybridized carbons (Fsp3) is 0.471. The predicted octanol–water partition coefficient (Wildman–Crippen LogP) is 2.22. The van der Waals surface area contributed by atoms with Gasteiger partial charge in [-0.15, -0.1) is 0 Å². The zero-order valence-corrected chi connectivity index (χ0v) is 12.6. The van der Waals surface area contributed by atoms with E-state index < -0.39 is 0 Å². The average molecular weight is 299 g/mol. The van der Waals surface area contributed by atoms with Crippen LogP contribution in [0.3, 0.4) is 0 Å². The van der Waals surface area contributed by atoms with Gasteiger partial charge >= 0.3 is 0 Å². The molecule has 0 bridgehead atoms. The standard InChI is InChI=1S/C17H21N3O2/c21-16(19-15-9-3-4-10-18-15)13-7-1-2-8-14(13)17(22)20-11-5-6-12-20/h1-4,9-10,13-14H,5-8,11-12H2,(H,18,19,21). The number of nitrogens with one attached hydrogen (secondary N) is 1. The van der Waals surface area contributed by atoms with E-state index in [0.717, 1.165) is 25.9 Å². The highest BCUT2D eigenvalue weighted by molar-refractivity contribution is 5.95. The van der Waals surface area contributed by atoms with E-state index in [-0.39, 0.29) is 23.7 Å². The summed E-state index contributed by atoms with van der Waals surface area (Å²) < 4.78 is 0. The fourth-order valence-electron chi connectivity index (χ4n) is 3.20. The second kappa shape index (κ2) is 6.73. The molecule has 0 radical (unpaired) electrons. The van der Waals surface area contributed by atoms with Gasteiger partial charge in [-0.3, -0.25) is 9.59 Å². The molecule has 0 spiro atoms. The number of carbonyl (C=O) groups excluding carboxylic acids is 2. The smallest absolute Gasteiger partial charge is 0.229 e. The van der Waals surface area contributed by atoms with Gasteiger partial charge in [0.2, 0.25) is 11.8 Å². The molecule has 1 aromatic rings. The normalized spacial score (nSPS) is 24.3. The molecule has 3 rings (SSSR count). The molecule has 0 saturated carbocycles. The molecule has 116 valence electrons. The second-order valence-electron chi connectivity index (χ2n) is 5.89. The van der Waals surface area contributed by atoms with Gasteiger partial charge in [0.05, 0.1) is 11.8 Å². The van der Waals surface area contributed by atoms with Gasteiger partial charge in [-0.25, -0.2) is 4.98 Å². The van der Waals surface area contributed by atoms with Crippen LogP contribution < -0.4 is 5.32 Å². The van der Waals surface area contributed by atoms with E-state index >= 15 is 0 Å². The summed E-state index contributed by atoms with van der Waals surface area (Å²) in [6.07, 6.45) is 9.06. The number of allylic oxidation sites excluding steroid dienone is 2. The van der Waals surface area contributed by atoms with Crippen LogP contribution >= 0.6 is 0 Å². The maximum atomic E-state index is 12.7.